The van der Waals surface area contributed by atoms with Crippen molar-refractivity contribution in [2.24, 2.45) is 0 Å². The van der Waals surface area contributed by atoms with Crippen molar-refractivity contribution in [3.05, 3.63) is 45.6 Å². The van der Waals surface area contributed by atoms with Gasteiger partial charge in [0.05, 0.1) is 25.2 Å². The first-order chi connectivity index (χ1) is 10.4. The Balaban J connectivity index is 2.51. The van der Waals surface area contributed by atoms with Crippen LogP contribution in [-0.4, -0.2) is 31.3 Å². The molecule has 2 rings (SSSR count). The Bertz CT molecular complexity index is 620. The SMILES string of the molecule is COC(=O)C1=C(O)CCC(C(=O)OC)(c2ccc(Br)cc2)C1. The summed E-state index contributed by atoms with van der Waals surface area (Å²) in [6, 6.07) is 7.29. The summed E-state index contributed by atoms with van der Waals surface area (Å²) in [5, 5.41) is 9.97. The summed E-state index contributed by atoms with van der Waals surface area (Å²) in [5.41, 5.74) is -0.121. The molecule has 1 aliphatic carbocycles. The number of methoxy groups -OCH3 is 2. The number of hydrogen-bond donors (Lipinski definition) is 1. The highest BCUT2D eigenvalue weighted by Gasteiger charge is 2.46. The summed E-state index contributed by atoms with van der Waals surface area (Å²) in [6.45, 7) is 0. The highest BCUT2D eigenvalue weighted by molar-refractivity contribution is 9.10. The number of rotatable bonds is 3. The van der Waals surface area contributed by atoms with Gasteiger partial charge in [-0.05, 0) is 24.1 Å². The zero-order chi connectivity index (χ0) is 16.3. The topological polar surface area (TPSA) is 72.8 Å². The third-order valence-corrected chi connectivity index (χ3v) is 4.55. The average Bonchev–Trinajstić information content (AvgIpc) is 2.55. The lowest BCUT2D eigenvalue weighted by atomic mass is 9.68. The molecule has 0 fully saturated rings. The van der Waals surface area contributed by atoms with Crippen LogP contribution in [0.15, 0.2) is 40.1 Å². The van der Waals surface area contributed by atoms with Crippen molar-refractivity contribution >= 4 is 27.9 Å². The molecule has 6 heteroatoms. The molecule has 1 unspecified atom stereocenters. The minimum Gasteiger partial charge on any atom is -0.512 e. The molecule has 0 aromatic heterocycles. The van der Waals surface area contributed by atoms with Crippen molar-refractivity contribution in [1.82, 2.24) is 0 Å². The van der Waals surface area contributed by atoms with Gasteiger partial charge < -0.3 is 14.6 Å². The zero-order valence-electron chi connectivity index (χ0n) is 12.4. The van der Waals surface area contributed by atoms with Gasteiger partial charge in [-0.15, -0.1) is 0 Å². The number of carbonyl (C=O) groups is 2. The van der Waals surface area contributed by atoms with Gasteiger partial charge in [0.2, 0.25) is 0 Å². The molecule has 0 aliphatic heterocycles. The van der Waals surface area contributed by atoms with Crippen LogP contribution < -0.4 is 0 Å². The van der Waals surface area contributed by atoms with Crippen molar-refractivity contribution in [2.45, 2.75) is 24.7 Å². The second kappa shape index (κ2) is 6.52. The summed E-state index contributed by atoms with van der Waals surface area (Å²) in [6.07, 6.45) is 0.642. The van der Waals surface area contributed by atoms with E-state index >= 15 is 0 Å². The number of hydrogen-bond acceptors (Lipinski definition) is 5. The highest BCUT2D eigenvalue weighted by atomic mass is 79.9. The normalized spacial score (nSPS) is 21.4. The molecule has 1 aliphatic rings. The predicted octanol–water partition coefficient (Wildman–Crippen LogP) is 3.03. The summed E-state index contributed by atoms with van der Waals surface area (Å²) in [7, 11) is 2.57. The molecule has 1 aromatic carbocycles. The monoisotopic (exact) mass is 368 g/mol. The summed E-state index contributed by atoms with van der Waals surface area (Å²) in [5.74, 6) is -1.07. The molecule has 22 heavy (non-hydrogen) atoms. The third kappa shape index (κ3) is 2.88. The number of aliphatic hydroxyl groups is 1. The number of allylic oxidation sites excluding steroid dienone is 1. The van der Waals surface area contributed by atoms with Crippen LogP contribution in [0.2, 0.25) is 0 Å². The fourth-order valence-corrected chi connectivity index (χ4v) is 3.06. The molecule has 0 saturated heterocycles. The smallest absolute Gasteiger partial charge is 0.337 e. The van der Waals surface area contributed by atoms with E-state index in [1.54, 1.807) is 0 Å². The van der Waals surface area contributed by atoms with E-state index in [-0.39, 0.29) is 24.2 Å². The van der Waals surface area contributed by atoms with Gasteiger partial charge in [-0.3, -0.25) is 4.79 Å². The lowest BCUT2D eigenvalue weighted by Gasteiger charge is -2.35. The predicted molar refractivity (Wildman–Crippen MR) is 83.4 cm³/mol. The van der Waals surface area contributed by atoms with Gasteiger partial charge in [0, 0.05) is 17.3 Å². The van der Waals surface area contributed by atoms with E-state index in [2.05, 4.69) is 15.9 Å². The molecule has 0 saturated carbocycles. The Labute approximate surface area is 137 Å². The maximum absolute atomic E-state index is 12.4. The molecule has 0 radical (unpaired) electrons. The number of carbonyl (C=O) groups excluding carboxylic acids is 2. The summed E-state index contributed by atoms with van der Waals surface area (Å²) >= 11 is 3.36. The Morgan fingerprint density at radius 1 is 1.18 bits per heavy atom. The van der Waals surface area contributed by atoms with E-state index in [9.17, 15) is 14.7 Å². The van der Waals surface area contributed by atoms with E-state index < -0.39 is 17.4 Å². The number of esters is 2. The Morgan fingerprint density at radius 2 is 1.82 bits per heavy atom. The van der Waals surface area contributed by atoms with Crippen LogP contribution in [-0.2, 0) is 24.5 Å². The van der Waals surface area contributed by atoms with Crippen LogP contribution in [0.4, 0.5) is 0 Å². The Hall–Kier alpha value is -1.82. The number of benzene rings is 1. The Morgan fingerprint density at radius 3 is 2.36 bits per heavy atom. The molecule has 0 heterocycles. The molecule has 118 valence electrons. The van der Waals surface area contributed by atoms with Crippen molar-refractivity contribution < 1.29 is 24.2 Å². The zero-order valence-corrected chi connectivity index (χ0v) is 14.0. The van der Waals surface area contributed by atoms with Crippen molar-refractivity contribution in [2.75, 3.05) is 14.2 Å². The molecule has 1 atom stereocenters. The molecular weight excluding hydrogens is 352 g/mol. The molecule has 0 bridgehead atoms. The highest BCUT2D eigenvalue weighted by Crippen LogP contribution is 2.43. The minimum absolute atomic E-state index is 0.0245. The molecule has 1 N–H and O–H groups in total. The van der Waals surface area contributed by atoms with E-state index in [0.717, 1.165) is 10.0 Å². The lowest BCUT2D eigenvalue weighted by molar-refractivity contribution is -0.148. The molecular formula is C16H17BrO5. The van der Waals surface area contributed by atoms with Crippen LogP contribution in [0.25, 0.3) is 0 Å². The fraction of sp³-hybridized carbons (Fsp3) is 0.375. The first-order valence-corrected chi connectivity index (χ1v) is 7.57. The van der Waals surface area contributed by atoms with Gasteiger partial charge in [-0.2, -0.15) is 0 Å². The van der Waals surface area contributed by atoms with Crippen LogP contribution in [0.3, 0.4) is 0 Å². The first kappa shape index (κ1) is 16.5. The number of ether oxygens (including phenoxy) is 2. The van der Waals surface area contributed by atoms with E-state index in [4.69, 9.17) is 9.47 Å². The second-order valence-corrected chi connectivity index (χ2v) is 6.09. The van der Waals surface area contributed by atoms with Gasteiger partial charge in [-0.25, -0.2) is 4.79 Å². The maximum Gasteiger partial charge on any atom is 0.337 e. The largest absolute Gasteiger partial charge is 0.512 e. The quantitative estimate of drug-likeness (QED) is 0.830. The van der Waals surface area contributed by atoms with E-state index in [1.807, 2.05) is 24.3 Å². The van der Waals surface area contributed by atoms with Crippen LogP contribution in [0.1, 0.15) is 24.8 Å². The van der Waals surface area contributed by atoms with Gasteiger partial charge in [0.1, 0.15) is 5.76 Å². The van der Waals surface area contributed by atoms with Gasteiger partial charge >= 0.3 is 11.9 Å². The summed E-state index contributed by atoms with van der Waals surface area (Å²) < 4.78 is 10.6. The van der Waals surface area contributed by atoms with Gasteiger partial charge in [-0.1, -0.05) is 28.1 Å². The average molecular weight is 369 g/mol. The fourth-order valence-electron chi connectivity index (χ4n) is 2.79. The van der Waals surface area contributed by atoms with Crippen LogP contribution in [0, 0.1) is 0 Å². The molecule has 5 nitrogen and oxygen atoms in total. The third-order valence-electron chi connectivity index (χ3n) is 4.02. The standard InChI is InChI=1S/C16H17BrO5/c1-21-14(19)12-9-16(15(20)22-2,8-7-13(12)18)10-3-5-11(17)6-4-10/h3-6,18H,7-9H2,1-2H3. The number of aliphatic hydroxyl groups excluding tert-OH is 1. The summed E-state index contributed by atoms with van der Waals surface area (Å²) in [4.78, 5) is 24.3. The Kier molecular flexibility index (Phi) is 4.90. The molecule has 0 amide bonds. The first-order valence-electron chi connectivity index (χ1n) is 6.78. The molecule has 1 aromatic rings. The van der Waals surface area contributed by atoms with Crippen LogP contribution in [0.5, 0.6) is 0 Å². The van der Waals surface area contributed by atoms with Crippen LogP contribution >= 0.6 is 15.9 Å². The van der Waals surface area contributed by atoms with Crippen molar-refractivity contribution in [3.8, 4) is 0 Å². The maximum atomic E-state index is 12.4. The van der Waals surface area contributed by atoms with Gasteiger partial charge in [0.25, 0.3) is 0 Å². The van der Waals surface area contributed by atoms with Crippen molar-refractivity contribution in [3.63, 3.8) is 0 Å². The number of halogens is 1. The minimum atomic E-state index is -0.995. The van der Waals surface area contributed by atoms with Crippen molar-refractivity contribution in [1.29, 1.82) is 0 Å². The van der Waals surface area contributed by atoms with E-state index in [1.165, 1.54) is 14.2 Å². The van der Waals surface area contributed by atoms with E-state index in [0.29, 0.717) is 6.42 Å². The van der Waals surface area contributed by atoms with Gasteiger partial charge in [0.15, 0.2) is 0 Å². The molecule has 0 spiro atoms. The second-order valence-electron chi connectivity index (χ2n) is 5.17. The lowest BCUT2D eigenvalue weighted by Crippen LogP contribution is -2.41.